The zero-order valence-electron chi connectivity index (χ0n) is 8.88. The Labute approximate surface area is 103 Å². The maximum atomic E-state index is 11.2. The molecule has 0 aromatic carbocycles. The van der Waals surface area contributed by atoms with Crippen molar-refractivity contribution in [3.05, 3.63) is 22.3 Å². The quantitative estimate of drug-likeness (QED) is 0.819. The number of carbonyl (C=O) groups is 1. The Kier molecular flexibility index (Phi) is 4.80. The average molecular weight is 282 g/mol. The van der Waals surface area contributed by atoms with Gasteiger partial charge in [0.1, 0.15) is 5.82 Å². The van der Waals surface area contributed by atoms with Gasteiger partial charge in [-0.2, -0.15) is 0 Å². The first-order valence-corrected chi connectivity index (χ1v) is 5.49. The molecular formula is C11H12BrN3O. The second-order valence-electron chi connectivity index (χ2n) is 3.15. The standard InChI is InChI=1S/C11H12BrN3O/c1-3-4-13-11(16)7-15-10-5-8(2)9(12)6-14-10/h1,5-6H,4,7H2,2H3,(H,13,16)(H,14,15). The van der Waals surface area contributed by atoms with E-state index in [2.05, 4.69) is 37.5 Å². The summed E-state index contributed by atoms with van der Waals surface area (Å²) < 4.78 is 0.940. The van der Waals surface area contributed by atoms with Gasteiger partial charge in [-0.3, -0.25) is 4.79 Å². The number of carbonyl (C=O) groups excluding carboxylic acids is 1. The maximum absolute atomic E-state index is 11.2. The number of aromatic nitrogens is 1. The highest BCUT2D eigenvalue weighted by Crippen LogP contribution is 2.16. The first-order chi connectivity index (χ1) is 7.63. The van der Waals surface area contributed by atoms with E-state index >= 15 is 0 Å². The predicted molar refractivity (Wildman–Crippen MR) is 67.0 cm³/mol. The fraction of sp³-hybridized carbons (Fsp3) is 0.273. The number of nitrogens with zero attached hydrogens (tertiary/aromatic N) is 1. The van der Waals surface area contributed by atoms with Crippen LogP contribution in [0.3, 0.4) is 0 Å². The molecule has 0 spiro atoms. The van der Waals surface area contributed by atoms with E-state index in [4.69, 9.17) is 6.42 Å². The summed E-state index contributed by atoms with van der Waals surface area (Å²) in [7, 11) is 0. The van der Waals surface area contributed by atoms with Crippen LogP contribution in [-0.4, -0.2) is 24.0 Å². The number of halogens is 1. The van der Waals surface area contributed by atoms with Crippen molar-refractivity contribution in [1.29, 1.82) is 0 Å². The third-order valence-corrected chi connectivity index (χ3v) is 2.69. The molecule has 0 saturated carbocycles. The van der Waals surface area contributed by atoms with Gasteiger partial charge in [0.25, 0.3) is 0 Å². The van der Waals surface area contributed by atoms with Crippen molar-refractivity contribution in [2.24, 2.45) is 0 Å². The summed E-state index contributed by atoms with van der Waals surface area (Å²) in [6, 6.07) is 1.86. The molecule has 0 radical (unpaired) electrons. The molecule has 1 rings (SSSR count). The van der Waals surface area contributed by atoms with Gasteiger partial charge in [-0.25, -0.2) is 4.98 Å². The summed E-state index contributed by atoms with van der Waals surface area (Å²) in [6.07, 6.45) is 6.71. The lowest BCUT2D eigenvalue weighted by Gasteiger charge is -2.06. The van der Waals surface area contributed by atoms with E-state index in [0.29, 0.717) is 5.82 Å². The van der Waals surface area contributed by atoms with Gasteiger partial charge in [0.05, 0.1) is 13.1 Å². The molecule has 5 heteroatoms. The van der Waals surface area contributed by atoms with Crippen molar-refractivity contribution in [2.75, 3.05) is 18.4 Å². The lowest BCUT2D eigenvalue weighted by Crippen LogP contribution is -2.30. The zero-order valence-corrected chi connectivity index (χ0v) is 10.5. The summed E-state index contributed by atoms with van der Waals surface area (Å²) in [5, 5.41) is 5.46. The molecule has 0 aliphatic carbocycles. The van der Waals surface area contributed by atoms with Gasteiger partial charge in [0.15, 0.2) is 0 Å². The van der Waals surface area contributed by atoms with Gasteiger partial charge in [-0.15, -0.1) is 6.42 Å². The second kappa shape index (κ2) is 6.13. The highest BCUT2D eigenvalue weighted by Gasteiger charge is 2.01. The molecular weight excluding hydrogens is 270 g/mol. The maximum Gasteiger partial charge on any atom is 0.240 e. The number of hydrogen-bond donors (Lipinski definition) is 2. The van der Waals surface area contributed by atoms with Crippen LogP contribution >= 0.6 is 15.9 Å². The molecule has 0 atom stereocenters. The monoisotopic (exact) mass is 281 g/mol. The number of anilines is 1. The number of aryl methyl sites for hydroxylation is 1. The van der Waals surface area contributed by atoms with Crippen molar-refractivity contribution >= 4 is 27.7 Å². The fourth-order valence-electron chi connectivity index (χ4n) is 1.02. The minimum Gasteiger partial charge on any atom is -0.361 e. The second-order valence-corrected chi connectivity index (χ2v) is 4.01. The molecule has 84 valence electrons. The largest absolute Gasteiger partial charge is 0.361 e. The summed E-state index contributed by atoms with van der Waals surface area (Å²) in [5.74, 6) is 2.84. The molecule has 1 aromatic rings. The third-order valence-electron chi connectivity index (χ3n) is 1.86. The van der Waals surface area contributed by atoms with Crippen molar-refractivity contribution in [2.45, 2.75) is 6.92 Å². The minimum atomic E-state index is -0.152. The van der Waals surface area contributed by atoms with Gasteiger partial charge in [-0.1, -0.05) is 5.92 Å². The van der Waals surface area contributed by atoms with E-state index in [1.807, 2.05) is 13.0 Å². The first-order valence-electron chi connectivity index (χ1n) is 4.69. The Bertz CT molecular complexity index is 426. The molecule has 0 aliphatic rings. The Morgan fingerprint density at radius 3 is 3.06 bits per heavy atom. The van der Waals surface area contributed by atoms with Gasteiger partial charge in [0, 0.05) is 10.7 Å². The molecule has 0 saturated heterocycles. The van der Waals surface area contributed by atoms with Crippen molar-refractivity contribution in [3.8, 4) is 12.3 Å². The SMILES string of the molecule is C#CCNC(=O)CNc1cc(C)c(Br)cn1. The van der Waals surface area contributed by atoms with E-state index in [0.717, 1.165) is 10.0 Å². The average Bonchev–Trinajstić information content (AvgIpc) is 2.28. The molecule has 1 amide bonds. The molecule has 0 fully saturated rings. The van der Waals surface area contributed by atoms with Crippen LogP contribution in [-0.2, 0) is 4.79 Å². The normalized spacial score (nSPS) is 9.31. The van der Waals surface area contributed by atoms with E-state index in [-0.39, 0.29) is 19.0 Å². The Morgan fingerprint density at radius 2 is 2.44 bits per heavy atom. The number of hydrogen-bond acceptors (Lipinski definition) is 3. The molecule has 16 heavy (non-hydrogen) atoms. The van der Waals surface area contributed by atoms with Crippen LogP contribution in [0.5, 0.6) is 0 Å². The topological polar surface area (TPSA) is 54.0 Å². The number of amides is 1. The Morgan fingerprint density at radius 1 is 1.69 bits per heavy atom. The zero-order chi connectivity index (χ0) is 12.0. The number of rotatable bonds is 4. The molecule has 0 aliphatic heterocycles. The highest BCUT2D eigenvalue weighted by atomic mass is 79.9. The van der Waals surface area contributed by atoms with Crippen molar-refractivity contribution in [3.63, 3.8) is 0 Å². The fourth-order valence-corrected chi connectivity index (χ4v) is 1.24. The lowest BCUT2D eigenvalue weighted by atomic mass is 10.3. The molecule has 2 N–H and O–H groups in total. The van der Waals surface area contributed by atoms with E-state index in [1.54, 1.807) is 6.20 Å². The van der Waals surface area contributed by atoms with Crippen molar-refractivity contribution in [1.82, 2.24) is 10.3 Å². The van der Waals surface area contributed by atoms with Crippen LogP contribution in [0, 0.1) is 19.3 Å². The molecule has 1 aromatic heterocycles. The number of terminal acetylenes is 1. The van der Waals surface area contributed by atoms with Crippen LogP contribution in [0.1, 0.15) is 5.56 Å². The summed E-state index contributed by atoms with van der Waals surface area (Å²) in [6.45, 7) is 2.36. The third kappa shape index (κ3) is 3.91. The minimum absolute atomic E-state index is 0.152. The summed E-state index contributed by atoms with van der Waals surface area (Å²) in [4.78, 5) is 15.3. The van der Waals surface area contributed by atoms with Crippen LogP contribution in [0.15, 0.2) is 16.7 Å². The Balaban J connectivity index is 2.46. The van der Waals surface area contributed by atoms with Crippen LogP contribution in [0.25, 0.3) is 0 Å². The highest BCUT2D eigenvalue weighted by molar-refractivity contribution is 9.10. The summed E-state index contributed by atoms with van der Waals surface area (Å²) in [5.41, 5.74) is 1.06. The Hall–Kier alpha value is -1.54. The van der Waals surface area contributed by atoms with Gasteiger partial charge in [0.2, 0.25) is 5.91 Å². The number of pyridine rings is 1. The van der Waals surface area contributed by atoms with Crippen LogP contribution in [0.4, 0.5) is 5.82 Å². The van der Waals surface area contributed by atoms with Crippen LogP contribution < -0.4 is 10.6 Å². The molecule has 4 nitrogen and oxygen atoms in total. The smallest absolute Gasteiger partial charge is 0.240 e. The van der Waals surface area contributed by atoms with Gasteiger partial charge in [-0.05, 0) is 34.5 Å². The lowest BCUT2D eigenvalue weighted by molar-refractivity contribution is -0.119. The van der Waals surface area contributed by atoms with Crippen molar-refractivity contribution < 1.29 is 4.79 Å². The molecule has 0 bridgehead atoms. The molecule has 1 heterocycles. The van der Waals surface area contributed by atoms with Gasteiger partial charge >= 0.3 is 0 Å². The number of nitrogens with one attached hydrogen (secondary N) is 2. The van der Waals surface area contributed by atoms with E-state index in [1.165, 1.54) is 0 Å². The first kappa shape index (κ1) is 12.5. The molecule has 0 unspecified atom stereocenters. The van der Waals surface area contributed by atoms with E-state index in [9.17, 15) is 4.79 Å². The predicted octanol–water partition coefficient (Wildman–Crippen LogP) is 1.31. The summed E-state index contributed by atoms with van der Waals surface area (Å²) >= 11 is 3.35. The van der Waals surface area contributed by atoms with Crippen LogP contribution in [0.2, 0.25) is 0 Å². The van der Waals surface area contributed by atoms with E-state index < -0.39 is 0 Å². The van der Waals surface area contributed by atoms with Gasteiger partial charge < -0.3 is 10.6 Å².